The second kappa shape index (κ2) is 10.7. The van der Waals surface area contributed by atoms with Crippen LogP contribution in [0.5, 0.6) is 0 Å². The Morgan fingerprint density at radius 1 is 1.09 bits per heavy atom. The Morgan fingerprint density at radius 2 is 1.82 bits per heavy atom. The topological polar surface area (TPSA) is 71.8 Å². The highest BCUT2D eigenvalue weighted by molar-refractivity contribution is 7.98. The number of nitrogens with one attached hydrogen (secondary N) is 2. The van der Waals surface area contributed by atoms with Crippen molar-refractivity contribution in [2.75, 3.05) is 5.32 Å². The van der Waals surface area contributed by atoms with E-state index in [0.29, 0.717) is 11.5 Å². The fraction of sp³-hybridized carbons (Fsp3) is 0.160. The van der Waals surface area contributed by atoms with Crippen LogP contribution >= 0.6 is 23.4 Å². The van der Waals surface area contributed by atoms with Gasteiger partial charge in [-0.3, -0.25) is 4.57 Å². The molecule has 3 aromatic carbocycles. The third-order valence-corrected chi connectivity index (χ3v) is 6.36. The van der Waals surface area contributed by atoms with Crippen molar-refractivity contribution in [3.05, 3.63) is 101 Å². The van der Waals surface area contributed by atoms with Crippen LogP contribution < -0.4 is 10.6 Å². The van der Waals surface area contributed by atoms with Gasteiger partial charge in [0.05, 0.1) is 11.1 Å². The highest BCUT2D eigenvalue weighted by Gasteiger charge is 2.21. The predicted octanol–water partition coefficient (Wildman–Crippen LogP) is 6.54. The largest absolute Gasteiger partial charge is 0.328 e. The van der Waals surface area contributed by atoms with E-state index >= 15 is 0 Å². The normalized spacial score (nSPS) is 11.8. The molecule has 1 unspecified atom stereocenters. The molecule has 2 amide bonds. The summed E-state index contributed by atoms with van der Waals surface area (Å²) < 4.78 is 15.3. The van der Waals surface area contributed by atoms with E-state index in [1.54, 1.807) is 11.8 Å². The molecule has 2 N–H and O–H groups in total. The first kappa shape index (κ1) is 23.8. The van der Waals surface area contributed by atoms with Gasteiger partial charge in [-0.05, 0) is 49.7 Å². The smallest absolute Gasteiger partial charge is 0.319 e. The van der Waals surface area contributed by atoms with Gasteiger partial charge in [-0.2, -0.15) is 0 Å². The standard InChI is InChI=1S/C25H23ClFN5OS/c1-16-8-11-20(12-9-16)32-23(30-31-25(32)34-15-18-6-4-3-5-7-18)17(2)28-24(33)29-19-10-13-22(27)21(26)14-19/h3-14,17H,15H2,1-2H3,(H2,28,29,33). The van der Waals surface area contributed by atoms with Crippen molar-refractivity contribution in [2.24, 2.45) is 0 Å². The van der Waals surface area contributed by atoms with Gasteiger partial charge in [0, 0.05) is 17.1 Å². The molecule has 0 saturated heterocycles. The Labute approximate surface area is 206 Å². The van der Waals surface area contributed by atoms with Crippen molar-refractivity contribution in [3.63, 3.8) is 0 Å². The van der Waals surface area contributed by atoms with Gasteiger partial charge in [0.15, 0.2) is 11.0 Å². The van der Waals surface area contributed by atoms with Crippen LogP contribution in [0.3, 0.4) is 0 Å². The lowest BCUT2D eigenvalue weighted by molar-refractivity contribution is 0.249. The first-order valence-electron chi connectivity index (χ1n) is 10.6. The number of carbonyl (C=O) groups excluding carboxylic acids is 1. The zero-order valence-electron chi connectivity index (χ0n) is 18.6. The number of aromatic nitrogens is 3. The summed E-state index contributed by atoms with van der Waals surface area (Å²) in [6.45, 7) is 3.86. The lowest BCUT2D eigenvalue weighted by Gasteiger charge is -2.17. The molecule has 0 radical (unpaired) electrons. The summed E-state index contributed by atoms with van der Waals surface area (Å²) in [7, 11) is 0. The predicted molar refractivity (Wildman–Crippen MR) is 134 cm³/mol. The number of hydrogen-bond acceptors (Lipinski definition) is 4. The zero-order chi connectivity index (χ0) is 24.1. The van der Waals surface area contributed by atoms with Crippen LogP contribution in [0.1, 0.15) is 29.9 Å². The molecule has 0 spiro atoms. The molecule has 0 aliphatic rings. The van der Waals surface area contributed by atoms with Crippen molar-refractivity contribution in [3.8, 4) is 5.69 Å². The second-order valence-corrected chi connectivity index (χ2v) is 9.08. The summed E-state index contributed by atoms with van der Waals surface area (Å²) in [4.78, 5) is 12.6. The van der Waals surface area contributed by atoms with E-state index in [-0.39, 0.29) is 5.02 Å². The molecule has 0 fully saturated rings. The molecule has 0 saturated carbocycles. The van der Waals surface area contributed by atoms with Crippen LogP contribution in [-0.4, -0.2) is 20.8 Å². The van der Waals surface area contributed by atoms with Gasteiger partial charge in [0.1, 0.15) is 5.82 Å². The number of amides is 2. The van der Waals surface area contributed by atoms with Gasteiger partial charge < -0.3 is 10.6 Å². The van der Waals surface area contributed by atoms with Gasteiger partial charge in [-0.15, -0.1) is 10.2 Å². The maximum atomic E-state index is 13.4. The lowest BCUT2D eigenvalue weighted by Crippen LogP contribution is -2.32. The number of hydrogen-bond donors (Lipinski definition) is 2. The van der Waals surface area contributed by atoms with Crippen LogP contribution in [0.25, 0.3) is 5.69 Å². The maximum absolute atomic E-state index is 13.4. The summed E-state index contributed by atoms with van der Waals surface area (Å²) in [6, 6.07) is 21.2. The Balaban J connectivity index is 1.55. The number of halogens is 2. The van der Waals surface area contributed by atoms with Crippen LogP contribution in [0.4, 0.5) is 14.9 Å². The second-order valence-electron chi connectivity index (χ2n) is 7.74. The first-order valence-corrected chi connectivity index (χ1v) is 12.0. The van der Waals surface area contributed by atoms with Crippen LogP contribution in [-0.2, 0) is 5.75 Å². The molecule has 0 bridgehead atoms. The molecule has 6 nitrogen and oxygen atoms in total. The number of anilines is 1. The van der Waals surface area contributed by atoms with Gasteiger partial charge in [-0.25, -0.2) is 9.18 Å². The summed E-state index contributed by atoms with van der Waals surface area (Å²) in [5, 5.41) is 15.0. The lowest BCUT2D eigenvalue weighted by atomic mass is 10.2. The number of thioether (sulfide) groups is 1. The van der Waals surface area contributed by atoms with Gasteiger partial charge in [-0.1, -0.05) is 71.4 Å². The zero-order valence-corrected chi connectivity index (χ0v) is 20.2. The molecular weight excluding hydrogens is 473 g/mol. The van der Waals surface area contributed by atoms with Crippen LogP contribution in [0.15, 0.2) is 78.0 Å². The van der Waals surface area contributed by atoms with Crippen LogP contribution in [0.2, 0.25) is 5.02 Å². The van der Waals surface area contributed by atoms with Crippen molar-refractivity contribution in [2.45, 2.75) is 30.8 Å². The highest BCUT2D eigenvalue weighted by Crippen LogP contribution is 2.28. The molecular formula is C25H23ClFN5OS. The highest BCUT2D eigenvalue weighted by atomic mass is 35.5. The van der Waals surface area contributed by atoms with E-state index in [1.165, 1.54) is 23.8 Å². The minimum absolute atomic E-state index is 0.0648. The SMILES string of the molecule is Cc1ccc(-n2c(SCc3ccccc3)nnc2C(C)NC(=O)Nc2ccc(F)c(Cl)c2)cc1. The molecule has 4 rings (SSSR count). The number of aryl methyl sites for hydroxylation is 1. The number of rotatable bonds is 7. The van der Waals surface area contributed by atoms with Crippen molar-refractivity contribution in [1.29, 1.82) is 0 Å². The summed E-state index contributed by atoms with van der Waals surface area (Å²) in [5.41, 5.74) is 3.60. The number of carbonyl (C=O) groups is 1. The number of urea groups is 1. The third kappa shape index (κ3) is 5.76. The molecule has 1 heterocycles. The summed E-state index contributed by atoms with van der Waals surface area (Å²) in [5.74, 6) is 0.776. The van der Waals surface area contributed by atoms with E-state index in [9.17, 15) is 9.18 Å². The molecule has 1 atom stereocenters. The molecule has 0 aliphatic heterocycles. The monoisotopic (exact) mass is 495 g/mol. The maximum Gasteiger partial charge on any atom is 0.319 e. The first-order chi connectivity index (χ1) is 16.4. The Hall–Kier alpha value is -3.36. The van der Waals surface area contributed by atoms with E-state index in [4.69, 9.17) is 11.6 Å². The van der Waals surface area contributed by atoms with E-state index in [1.807, 2.05) is 60.9 Å². The number of nitrogens with zero attached hydrogens (tertiary/aromatic N) is 3. The third-order valence-electron chi connectivity index (χ3n) is 5.07. The molecule has 0 aliphatic carbocycles. The van der Waals surface area contributed by atoms with Gasteiger partial charge >= 0.3 is 6.03 Å². The summed E-state index contributed by atoms with van der Waals surface area (Å²) in [6.07, 6.45) is 0. The Kier molecular flexibility index (Phi) is 7.49. The minimum Gasteiger partial charge on any atom is -0.328 e. The Morgan fingerprint density at radius 3 is 2.53 bits per heavy atom. The van der Waals surface area contributed by atoms with E-state index in [2.05, 4.69) is 33.0 Å². The van der Waals surface area contributed by atoms with Crippen molar-refractivity contribution in [1.82, 2.24) is 20.1 Å². The van der Waals surface area contributed by atoms with Gasteiger partial charge in [0.25, 0.3) is 0 Å². The average molecular weight is 496 g/mol. The van der Waals surface area contributed by atoms with E-state index in [0.717, 1.165) is 22.2 Å². The summed E-state index contributed by atoms with van der Waals surface area (Å²) >= 11 is 7.38. The molecule has 9 heteroatoms. The Bertz CT molecular complexity index is 1280. The molecule has 34 heavy (non-hydrogen) atoms. The van der Waals surface area contributed by atoms with Crippen molar-refractivity contribution < 1.29 is 9.18 Å². The number of benzene rings is 3. The minimum atomic E-state index is -0.548. The van der Waals surface area contributed by atoms with E-state index < -0.39 is 17.9 Å². The van der Waals surface area contributed by atoms with Gasteiger partial charge in [0.2, 0.25) is 0 Å². The van der Waals surface area contributed by atoms with Crippen LogP contribution in [0, 0.1) is 12.7 Å². The van der Waals surface area contributed by atoms with Crippen molar-refractivity contribution >= 4 is 35.1 Å². The average Bonchev–Trinajstić information content (AvgIpc) is 3.25. The quantitative estimate of drug-likeness (QED) is 0.285. The molecule has 1 aromatic heterocycles. The fourth-order valence-corrected chi connectivity index (χ4v) is 4.41. The molecule has 174 valence electrons. The molecule has 4 aromatic rings. The fourth-order valence-electron chi connectivity index (χ4n) is 3.32.